The molecule has 1 aliphatic heterocycles. The third-order valence-electron chi connectivity index (χ3n) is 8.02. The number of fused-ring (bicyclic) bond motifs is 4. The van der Waals surface area contributed by atoms with Crippen LogP contribution in [0, 0.1) is 5.82 Å². The molecule has 0 radical (unpaired) electrons. The number of benzene rings is 2. The molecule has 0 saturated heterocycles. The Balaban J connectivity index is 1.41. The van der Waals surface area contributed by atoms with Gasteiger partial charge in [0, 0.05) is 60.8 Å². The van der Waals surface area contributed by atoms with Gasteiger partial charge in [0.05, 0.1) is 29.0 Å². The SMILES string of the molecule is C[Si](C)(C)CCOCn1cc2nc1/C(c1ccc(-c3cc(Cl)ccc3-n3cc(C(F)F)nn3)cn1)=C\CCCC(=O)Nc1ccc(F)cc1-2. The highest BCUT2D eigenvalue weighted by molar-refractivity contribution is 6.76. The number of imidazole rings is 1. The fourth-order valence-corrected chi connectivity index (χ4v) is 6.34. The predicted octanol–water partition coefficient (Wildman–Crippen LogP) is 8.79. The lowest BCUT2D eigenvalue weighted by Gasteiger charge is -2.16. The normalized spacial score (nSPS) is 14.9. The van der Waals surface area contributed by atoms with Gasteiger partial charge >= 0.3 is 0 Å². The number of amides is 1. The van der Waals surface area contributed by atoms with Crippen LogP contribution in [-0.4, -0.2) is 50.1 Å². The molecule has 14 heteroatoms. The summed E-state index contributed by atoms with van der Waals surface area (Å²) in [6, 6.07) is 14.0. The van der Waals surface area contributed by atoms with Gasteiger partial charge in [0.25, 0.3) is 6.43 Å². The van der Waals surface area contributed by atoms with Gasteiger partial charge in [0.2, 0.25) is 5.91 Å². The van der Waals surface area contributed by atoms with Gasteiger partial charge in [0.15, 0.2) is 0 Å². The number of alkyl halides is 2. The largest absolute Gasteiger partial charge is 0.361 e. The minimum Gasteiger partial charge on any atom is -0.361 e. The third-order valence-corrected chi connectivity index (χ3v) is 9.96. The minimum absolute atomic E-state index is 0.175. The highest BCUT2D eigenvalue weighted by Crippen LogP contribution is 2.34. The van der Waals surface area contributed by atoms with E-state index in [1.54, 1.807) is 36.7 Å². The van der Waals surface area contributed by atoms with E-state index in [0.717, 1.165) is 11.6 Å². The molecule has 6 rings (SSSR count). The smallest absolute Gasteiger partial charge is 0.283 e. The molecule has 0 spiro atoms. The van der Waals surface area contributed by atoms with Gasteiger partial charge < -0.3 is 14.6 Å². The van der Waals surface area contributed by atoms with E-state index in [9.17, 15) is 18.0 Å². The van der Waals surface area contributed by atoms with Crippen molar-refractivity contribution in [2.45, 2.75) is 58.1 Å². The van der Waals surface area contributed by atoms with E-state index in [4.69, 9.17) is 26.3 Å². The summed E-state index contributed by atoms with van der Waals surface area (Å²) in [5, 5.41) is 10.8. The van der Waals surface area contributed by atoms with Crippen molar-refractivity contribution in [3.8, 4) is 28.1 Å². The molecule has 4 heterocycles. The van der Waals surface area contributed by atoms with Crippen molar-refractivity contribution < 1.29 is 22.7 Å². The summed E-state index contributed by atoms with van der Waals surface area (Å²) in [5.41, 5.74) is 4.08. The Morgan fingerprint density at radius 1 is 1.04 bits per heavy atom. The molecule has 1 N–H and O–H groups in total. The molecule has 0 unspecified atom stereocenters. The van der Waals surface area contributed by atoms with Gasteiger partial charge in [-0.2, -0.15) is 0 Å². The summed E-state index contributed by atoms with van der Waals surface area (Å²) in [6.07, 6.45) is 5.30. The first-order valence-electron chi connectivity index (χ1n) is 15.9. The zero-order valence-electron chi connectivity index (χ0n) is 27.3. The van der Waals surface area contributed by atoms with Crippen LogP contribution in [0.5, 0.6) is 0 Å². The molecule has 5 aromatic rings. The summed E-state index contributed by atoms with van der Waals surface area (Å²) in [6.45, 7) is 7.65. The van der Waals surface area contributed by atoms with E-state index in [1.165, 1.54) is 23.0 Å². The maximum Gasteiger partial charge on any atom is 0.283 e. The average Bonchev–Trinajstić information content (AvgIpc) is 3.72. The molecule has 2 bridgehead atoms. The van der Waals surface area contributed by atoms with E-state index in [1.807, 2.05) is 22.8 Å². The maximum absolute atomic E-state index is 14.6. The van der Waals surface area contributed by atoms with Crippen LogP contribution in [-0.2, 0) is 16.3 Å². The number of halogens is 4. The first kappa shape index (κ1) is 34.3. The van der Waals surface area contributed by atoms with Crippen molar-refractivity contribution in [3.63, 3.8) is 0 Å². The van der Waals surface area contributed by atoms with E-state index in [2.05, 4.69) is 35.3 Å². The minimum atomic E-state index is -2.76. The Morgan fingerprint density at radius 2 is 1.88 bits per heavy atom. The Labute approximate surface area is 287 Å². The predicted molar refractivity (Wildman–Crippen MR) is 186 cm³/mol. The Bertz CT molecular complexity index is 2010. The summed E-state index contributed by atoms with van der Waals surface area (Å²) in [4.78, 5) is 22.6. The second kappa shape index (κ2) is 14.5. The molecule has 0 aliphatic carbocycles. The van der Waals surface area contributed by atoms with E-state index in [-0.39, 0.29) is 19.1 Å². The van der Waals surface area contributed by atoms with Gasteiger partial charge in [-0.3, -0.25) is 9.78 Å². The number of allylic oxidation sites excluding steroid dienone is 1. The van der Waals surface area contributed by atoms with Gasteiger partial charge in [-0.1, -0.05) is 48.6 Å². The van der Waals surface area contributed by atoms with Crippen molar-refractivity contribution in [1.29, 1.82) is 0 Å². The number of carbonyl (C=O) groups is 1. The number of aromatic nitrogens is 6. The number of nitrogens with one attached hydrogen (secondary N) is 1. The van der Waals surface area contributed by atoms with E-state index >= 15 is 0 Å². The molecular formula is C35H35ClF3N7O2Si. The highest BCUT2D eigenvalue weighted by Gasteiger charge is 2.22. The quantitative estimate of drug-likeness (QED) is 0.122. The van der Waals surface area contributed by atoms with Gasteiger partial charge in [-0.15, -0.1) is 5.10 Å². The number of rotatable bonds is 9. The summed E-state index contributed by atoms with van der Waals surface area (Å²) >= 11 is 6.36. The monoisotopic (exact) mass is 705 g/mol. The van der Waals surface area contributed by atoms with Gasteiger partial charge in [-0.25, -0.2) is 22.8 Å². The summed E-state index contributed by atoms with van der Waals surface area (Å²) in [7, 11) is -1.34. The number of hydrogen-bond acceptors (Lipinski definition) is 6. The molecule has 2 aromatic carbocycles. The molecule has 0 fully saturated rings. The molecule has 49 heavy (non-hydrogen) atoms. The number of hydrogen-bond donors (Lipinski definition) is 1. The van der Waals surface area contributed by atoms with Crippen LogP contribution in [0.1, 0.15) is 42.9 Å². The number of pyridine rings is 1. The lowest BCUT2D eigenvalue weighted by atomic mass is 10.0. The Kier molecular flexibility index (Phi) is 10.1. The Hall–Kier alpha value is -4.59. The molecule has 3 aromatic heterocycles. The van der Waals surface area contributed by atoms with Crippen molar-refractivity contribution in [1.82, 2.24) is 29.5 Å². The Morgan fingerprint density at radius 3 is 2.61 bits per heavy atom. The van der Waals surface area contributed by atoms with E-state index in [0.29, 0.717) is 69.7 Å². The van der Waals surface area contributed by atoms with Crippen molar-refractivity contribution >= 4 is 36.8 Å². The average molecular weight is 706 g/mol. The first-order valence-corrected chi connectivity index (χ1v) is 20.0. The zero-order chi connectivity index (χ0) is 34.7. The highest BCUT2D eigenvalue weighted by atomic mass is 35.5. The third kappa shape index (κ3) is 8.18. The van der Waals surface area contributed by atoms with Crippen LogP contribution in [0.25, 0.3) is 33.6 Å². The lowest BCUT2D eigenvalue weighted by molar-refractivity contribution is -0.116. The molecule has 9 nitrogen and oxygen atoms in total. The van der Waals surface area contributed by atoms with Crippen LogP contribution in [0.2, 0.25) is 30.7 Å². The van der Waals surface area contributed by atoms with Crippen LogP contribution in [0.15, 0.2) is 73.2 Å². The standard InChI is InChI=1S/C35H35ClF3N7O2Si/c1-49(2,3)15-14-48-21-45-19-30-27-17-24(37)10-12-29(27)41-33(47)7-5-4-6-25(35(45)42-30)28-11-8-22(18-40-28)26-16-23(36)9-13-32(26)46-20-31(34(38)39)43-44-46/h6,8-13,16-20,34H,4-5,7,14-15,21H2,1-3H3,(H,41,47)/b25-6-. The number of ether oxygens (including phenoxy) is 1. The number of anilines is 1. The topological polar surface area (TPSA) is 99.8 Å². The van der Waals surface area contributed by atoms with Crippen LogP contribution < -0.4 is 5.32 Å². The van der Waals surface area contributed by atoms with Gasteiger partial charge in [0.1, 0.15) is 24.1 Å². The van der Waals surface area contributed by atoms with Crippen LogP contribution >= 0.6 is 11.6 Å². The fraction of sp³-hybridized carbons (Fsp3) is 0.286. The lowest BCUT2D eigenvalue weighted by Crippen LogP contribution is -2.22. The van der Waals surface area contributed by atoms with Crippen molar-refractivity contribution in [2.75, 3.05) is 11.9 Å². The molecule has 1 amide bonds. The van der Waals surface area contributed by atoms with Crippen LogP contribution in [0.3, 0.4) is 0 Å². The summed E-state index contributed by atoms with van der Waals surface area (Å²) < 4.78 is 50.4. The second-order valence-electron chi connectivity index (χ2n) is 13.0. The molecular weight excluding hydrogens is 671 g/mol. The molecule has 0 atom stereocenters. The summed E-state index contributed by atoms with van der Waals surface area (Å²) in [5.74, 6) is -0.0474. The molecule has 0 saturated carbocycles. The van der Waals surface area contributed by atoms with Crippen molar-refractivity contribution in [3.05, 3.63) is 101 Å². The van der Waals surface area contributed by atoms with Crippen molar-refractivity contribution in [2.24, 2.45) is 0 Å². The fourth-order valence-electron chi connectivity index (χ4n) is 5.42. The van der Waals surface area contributed by atoms with Gasteiger partial charge in [-0.05, 0) is 61.4 Å². The number of carbonyl (C=O) groups excluding carboxylic acids is 1. The number of nitrogens with zero attached hydrogens (tertiary/aromatic N) is 6. The molecule has 254 valence electrons. The van der Waals surface area contributed by atoms with E-state index < -0.39 is 26.0 Å². The molecule has 1 aliphatic rings. The maximum atomic E-state index is 14.6. The zero-order valence-corrected chi connectivity index (χ0v) is 29.0. The first-order chi connectivity index (χ1) is 23.4. The van der Waals surface area contributed by atoms with Crippen LogP contribution in [0.4, 0.5) is 18.9 Å². The second-order valence-corrected chi connectivity index (χ2v) is 19.1.